The quantitative estimate of drug-likeness (QED) is 0.657. The van der Waals surface area contributed by atoms with Crippen LogP contribution in [0.2, 0.25) is 10.0 Å². The molecule has 0 bridgehead atoms. The molecule has 0 aromatic heterocycles. The molecule has 4 heteroatoms. The first kappa shape index (κ1) is 14.2. The lowest BCUT2D eigenvalue weighted by Crippen LogP contribution is -2.14. The van der Waals surface area contributed by atoms with E-state index in [-0.39, 0.29) is 5.54 Å². The first-order valence-electron chi connectivity index (χ1n) is 5.57. The monoisotopic (exact) mass is 270 g/mol. The molecule has 0 unspecified atom stereocenters. The minimum absolute atomic E-state index is 0.124. The Morgan fingerprint density at radius 3 is 2.29 bits per heavy atom. The fourth-order valence-electron chi connectivity index (χ4n) is 1.49. The van der Waals surface area contributed by atoms with Crippen LogP contribution in [0.4, 0.5) is 5.69 Å². The van der Waals surface area contributed by atoms with Crippen LogP contribution in [0.25, 0.3) is 0 Å². The molecule has 1 aromatic rings. The van der Waals surface area contributed by atoms with E-state index in [0.717, 1.165) is 12.8 Å². The lowest BCUT2D eigenvalue weighted by atomic mass is 10.0. The second-order valence-electron chi connectivity index (χ2n) is 4.51. The van der Waals surface area contributed by atoms with Crippen LogP contribution in [0.5, 0.6) is 0 Å². The van der Waals surface area contributed by atoms with Gasteiger partial charge >= 0.3 is 0 Å². The Hall–Kier alpha value is -0.820. The molecule has 0 aliphatic carbocycles. The molecular weight excluding hydrogens is 255 g/mol. The van der Waals surface area contributed by atoms with Crippen molar-refractivity contribution in [3.63, 3.8) is 0 Å². The summed E-state index contributed by atoms with van der Waals surface area (Å²) in [6, 6.07) is 7.83. The van der Waals surface area contributed by atoms with Gasteiger partial charge in [-0.25, -0.2) is 4.99 Å². The predicted molar refractivity (Wildman–Crippen MR) is 75.0 cm³/mol. The van der Waals surface area contributed by atoms with Gasteiger partial charge in [-0.15, -0.1) is 0 Å². The summed E-state index contributed by atoms with van der Waals surface area (Å²) in [6.07, 6.45) is 2.09. The average Bonchev–Trinajstić information content (AvgIpc) is 2.15. The van der Waals surface area contributed by atoms with E-state index in [1.54, 1.807) is 18.2 Å². The van der Waals surface area contributed by atoms with E-state index in [2.05, 4.69) is 36.8 Å². The second kappa shape index (κ2) is 6.20. The molecule has 0 atom stereocenters. The Kier molecular flexibility index (Phi) is 5.20. The lowest BCUT2D eigenvalue weighted by molar-refractivity contribution is 0.476. The van der Waals surface area contributed by atoms with Gasteiger partial charge in [0.1, 0.15) is 0 Å². The molecule has 0 saturated carbocycles. The van der Waals surface area contributed by atoms with Crippen LogP contribution in [0.3, 0.4) is 0 Å². The van der Waals surface area contributed by atoms with Crippen molar-refractivity contribution in [3.8, 4) is 0 Å². The fraction of sp³-hybridized carbons (Fsp3) is 0.462. The number of hydrogen-bond donors (Lipinski definition) is 0. The van der Waals surface area contributed by atoms with E-state index >= 15 is 0 Å². The predicted octanol–water partition coefficient (Wildman–Crippen LogP) is 5.38. The summed E-state index contributed by atoms with van der Waals surface area (Å²) in [4.78, 5) is 8.41. The van der Waals surface area contributed by atoms with Gasteiger partial charge in [0.25, 0.3) is 0 Å². The topological polar surface area (TPSA) is 24.7 Å². The van der Waals surface area contributed by atoms with Crippen molar-refractivity contribution in [2.75, 3.05) is 0 Å². The Morgan fingerprint density at radius 1 is 1.18 bits per heavy atom. The van der Waals surface area contributed by atoms with E-state index < -0.39 is 0 Å². The van der Waals surface area contributed by atoms with Gasteiger partial charge in [0, 0.05) is 10.0 Å². The number of halogens is 2. The van der Waals surface area contributed by atoms with Gasteiger partial charge in [0.05, 0.1) is 17.2 Å². The molecule has 0 saturated heterocycles. The van der Waals surface area contributed by atoms with E-state index in [9.17, 15) is 0 Å². The maximum atomic E-state index is 5.87. The smallest absolute Gasteiger partial charge is 0.0954 e. The third-order valence-electron chi connectivity index (χ3n) is 2.24. The van der Waals surface area contributed by atoms with Crippen molar-refractivity contribution in [1.82, 2.24) is 0 Å². The van der Waals surface area contributed by atoms with Gasteiger partial charge in [-0.2, -0.15) is 4.99 Å². The molecule has 0 radical (unpaired) electrons. The lowest BCUT2D eigenvalue weighted by Gasteiger charge is -2.15. The zero-order chi connectivity index (χ0) is 12.9. The minimum atomic E-state index is -0.124. The molecule has 17 heavy (non-hydrogen) atoms. The van der Waals surface area contributed by atoms with Gasteiger partial charge < -0.3 is 0 Å². The van der Waals surface area contributed by atoms with Crippen molar-refractivity contribution in [1.29, 1.82) is 0 Å². The van der Waals surface area contributed by atoms with Crippen molar-refractivity contribution >= 4 is 34.9 Å². The number of aliphatic imine (C=N–C) groups is 2. The number of rotatable bonds is 4. The molecule has 2 nitrogen and oxygen atoms in total. The van der Waals surface area contributed by atoms with E-state index in [1.165, 1.54) is 0 Å². The van der Waals surface area contributed by atoms with Crippen LogP contribution in [-0.4, -0.2) is 11.5 Å². The average molecular weight is 271 g/mol. The van der Waals surface area contributed by atoms with E-state index in [1.807, 2.05) is 0 Å². The molecule has 0 heterocycles. The van der Waals surface area contributed by atoms with Crippen LogP contribution in [0.15, 0.2) is 28.2 Å². The number of hydrogen-bond acceptors (Lipinski definition) is 2. The summed E-state index contributed by atoms with van der Waals surface area (Å²) in [5.74, 6) is 0. The Morgan fingerprint density at radius 2 is 1.76 bits per heavy atom. The zero-order valence-corrected chi connectivity index (χ0v) is 11.8. The first-order valence-corrected chi connectivity index (χ1v) is 6.32. The first-order chi connectivity index (χ1) is 7.93. The largest absolute Gasteiger partial charge is 0.219 e. The standard InChI is InChI=1S/C13H16Cl2N2/c1-4-5-13(2,3)17-9-16-12-7-10(14)6-11(15)8-12/h6-8H,4-5H2,1-3H3. The van der Waals surface area contributed by atoms with E-state index in [0.29, 0.717) is 15.7 Å². The van der Waals surface area contributed by atoms with E-state index in [4.69, 9.17) is 23.2 Å². The summed E-state index contributed by atoms with van der Waals surface area (Å²) >= 11 is 11.7. The summed E-state index contributed by atoms with van der Waals surface area (Å²) < 4.78 is 0. The van der Waals surface area contributed by atoms with Crippen LogP contribution in [-0.2, 0) is 0 Å². The summed E-state index contributed by atoms with van der Waals surface area (Å²) in [5, 5.41) is 1.12. The van der Waals surface area contributed by atoms with Gasteiger partial charge in [-0.3, -0.25) is 0 Å². The number of nitrogens with zero attached hydrogens (tertiary/aromatic N) is 2. The molecular formula is C13H16Cl2N2. The highest BCUT2D eigenvalue weighted by Crippen LogP contribution is 2.24. The number of benzene rings is 1. The third kappa shape index (κ3) is 5.36. The summed E-state index contributed by atoms with van der Waals surface area (Å²) in [7, 11) is 0. The molecule has 0 fully saturated rings. The Balaban J connectivity index is 2.86. The second-order valence-corrected chi connectivity index (χ2v) is 5.39. The van der Waals surface area contributed by atoms with Crippen molar-refractivity contribution < 1.29 is 0 Å². The molecule has 1 rings (SSSR count). The Labute approximate surface area is 112 Å². The Bertz CT molecular complexity index is 426. The molecule has 0 N–H and O–H groups in total. The van der Waals surface area contributed by atoms with Crippen LogP contribution < -0.4 is 0 Å². The van der Waals surface area contributed by atoms with Crippen LogP contribution in [0, 0.1) is 0 Å². The van der Waals surface area contributed by atoms with Gasteiger partial charge in [-0.05, 0) is 38.5 Å². The summed E-state index contributed by atoms with van der Waals surface area (Å²) in [6.45, 7) is 6.25. The molecule has 0 aliphatic heterocycles. The molecule has 0 spiro atoms. The highest BCUT2D eigenvalue weighted by molar-refractivity contribution is 6.35. The van der Waals surface area contributed by atoms with Crippen LogP contribution >= 0.6 is 23.2 Å². The molecule has 0 aliphatic rings. The normalized spacial score (nSPS) is 10.9. The summed E-state index contributed by atoms with van der Waals surface area (Å²) in [5.41, 5.74) is 0.541. The third-order valence-corrected chi connectivity index (χ3v) is 2.68. The maximum Gasteiger partial charge on any atom is 0.0954 e. The maximum absolute atomic E-state index is 5.87. The molecule has 0 amide bonds. The fourth-order valence-corrected chi connectivity index (χ4v) is 2.00. The van der Waals surface area contributed by atoms with Gasteiger partial charge in [-0.1, -0.05) is 36.5 Å². The molecule has 92 valence electrons. The van der Waals surface area contributed by atoms with Gasteiger partial charge in [0.15, 0.2) is 0 Å². The van der Waals surface area contributed by atoms with Crippen LogP contribution in [0.1, 0.15) is 33.6 Å². The SMILES string of the molecule is CCCC(C)(C)N=C=Nc1cc(Cl)cc(Cl)c1. The van der Waals surface area contributed by atoms with Crippen molar-refractivity contribution in [2.45, 2.75) is 39.2 Å². The van der Waals surface area contributed by atoms with Crippen molar-refractivity contribution in [2.24, 2.45) is 9.98 Å². The zero-order valence-electron chi connectivity index (χ0n) is 10.3. The molecule has 1 aromatic carbocycles. The van der Waals surface area contributed by atoms with Gasteiger partial charge in [0.2, 0.25) is 0 Å². The highest BCUT2D eigenvalue weighted by atomic mass is 35.5. The van der Waals surface area contributed by atoms with Crippen molar-refractivity contribution in [3.05, 3.63) is 28.2 Å². The highest BCUT2D eigenvalue weighted by Gasteiger charge is 2.13. The minimum Gasteiger partial charge on any atom is -0.219 e.